The van der Waals surface area contributed by atoms with Crippen LogP contribution in [0.5, 0.6) is 11.5 Å². The number of nitrogens with one attached hydrogen (secondary N) is 2. The summed E-state index contributed by atoms with van der Waals surface area (Å²) in [6.07, 6.45) is -3.00. The highest BCUT2D eigenvalue weighted by Crippen LogP contribution is 2.32. The van der Waals surface area contributed by atoms with Crippen molar-refractivity contribution in [1.82, 2.24) is 10.4 Å². The summed E-state index contributed by atoms with van der Waals surface area (Å²) in [6.45, 7) is 2.71. The molecule has 1 amide bonds. The minimum absolute atomic E-state index is 0.0517. The van der Waals surface area contributed by atoms with E-state index in [4.69, 9.17) is 9.47 Å². The van der Waals surface area contributed by atoms with Gasteiger partial charge in [-0.2, -0.15) is 18.3 Å². The van der Waals surface area contributed by atoms with E-state index in [0.717, 1.165) is 23.1 Å². The van der Waals surface area contributed by atoms with E-state index in [0.29, 0.717) is 41.1 Å². The number of rotatable bonds is 11. The number of carbonyl (C=O) groups is 1. The standard InChI is InChI=1S/C32H27F3N4O3S/c1-2-41-29-15-21(11-13-28(29)42-19-22-10-12-23-6-3-4-7-24(23)14-22)18-36-39-30(40)17-27-20-43-31(38-27)37-26-9-5-8-25(16-26)32(33,34)35/h3-16,18,20H,2,17,19H2,1H3,(H,37,38)(H,39,40)/b36-18-. The quantitative estimate of drug-likeness (QED) is 0.119. The summed E-state index contributed by atoms with van der Waals surface area (Å²) in [5.74, 6) is 0.753. The van der Waals surface area contributed by atoms with Gasteiger partial charge in [-0.15, -0.1) is 11.3 Å². The Kier molecular flexibility index (Phi) is 9.21. The Hall–Kier alpha value is -4.90. The third kappa shape index (κ3) is 8.10. The fourth-order valence-electron chi connectivity index (χ4n) is 4.21. The molecule has 0 aliphatic carbocycles. The number of fused-ring (bicyclic) bond motifs is 1. The number of benzene rings is 4. The molecule has 11 heteroatoms. The number of thiazole rings is 1. The highest BCUT2D eigenvalue weighted by atomic mass is 32.1. The smallest absolute Gasteiger partial charge is 0.416 e. The van der Waals surface area contributed by atoms with Crippen LogP contribution in [-0.2, 0) is 24.0 Å². The maximum atomic E-state index is 13.0. The van der Waals surface area contributed by atoms with E-state index in [9.17, 15) is 18.0 Å². The molecule has 2 N–H and O–H groups in total. The van der Waals surface area contributed by atoms with Gasteiger partial charge in [-0.1, -0.05) is 42.5 Å². The summed E-state index contributed by atoms with van der Waals surface area (Å²) in [7, 11) is 0. The number of ether oxygens (including phenoxy) is 2. The lowest BCUT2D eigenvalue weighted by molar-refractivity contribution is -0.137. The number of aromatic nitrogens is 1. The second-order valence-electron chi connectivity index (χ2n) is 9.43. The first-order chi connectivity index (χ1) is 20.8. The summed E-state index contributed by atoms with van der Waals surface area (Å²) >= 11 is 1.18. The molecular formula is C32H27F3N4O3S. The molecule has 220 valence electrons. The monoisotopic (exact) mass is 604 g/mol. The van der Waals surface area contributed by atoms with Crippen molar-refractivity contribution in [2.75, 3.05) is 11.9 Å². The topological polar surface area (TPSA) is 84.8 Å². The third-order valence-corrected chi connectivity index (χ3v) is 7.02. The first-order valence-corrected chi connectivity index (χ1v) is 14.2. The lowest BCUT2D eigenvalue weighted by atomic mass is 10.1. The normalized spacial score (nSPS) is 11.5. The first-order valence-electron chi connectivity index (χ1n) is 13.3. The number of carbonyl (C=O) groups excluding carboxylic acids is 1. The molecule has 7 nitrogen and oxygen atoms in total. The van der Waals surface area contributed by atoms with Gasteiger partial charge >= 0.3 is 6.18 Å². The van der Waals surface area contributed by atoms with E-state index < -0.39 is 17.6 Å². The molecule has 0 saturated carbocycles. The largest absolute Gasteiger partial charge is 0.490 e. The Labute approximate surface area is 250 Å². The predicted molar refractivity (Wildman–Crippen MR) is 162 cm³/mol. The molecule has 0 aliphatic rings. The van der Waals surface area contributed by atoms with Gasteiger partial charge in [0.1, 0.15) is 6.61 Å². The average molecular weight is 605 g/mol. The molecule has 0 bridgehead atoms. The van der Waals surface area contributed by atoms with Gasteiger partial charge in [0.25, 0.3) is 0 Å². The van der Waals surface area contributed by atoms with Crippen LogP contribution in [0.15, 0.2) is 95.4 Å². The second kappa shape index (κ2) is 13.4. The van der Waals surface area contributed by atoms with E-state index in [1.54, 1.807) is 23.6 Å². The molecular weight excluding hydrogens is 577 g/mol. The van der Waals surface area contributed by atoms with Gasteiger partial charge in [-0.25, -0.2) is 10.4 Å². The summed E-state index contributed by atoms with van der Waals surface area (Å²) in [5, 5.41) is 11.2. The third-order valence-electron chi connectivity index (χ3n) is 6.21. The van der Waals surface area contributed by atoms with Crippen molar-refractivity contribution in [3.63, 3.8) is 0 Å². The van der Waals surface area contributed by atoms with Crippen LogP contribution in [0.25, 0.3) is 10.8 Å². The van der Waals surface area contributed by atoms with Gasteiger partial charge in [0.2, 0.25) is 5.91 Å². The van der Waals surface area contributed by atoms with Crippen molar-refractivity contribution in [2.45, 2.75) is 26.1 Å². The van der Waals surface area contributed by atoms with E-state index in [-0.39, 0.29) is 12.1 Å². The Morgan fingerprint density at radius 2 is 1.79 bits per heavy atom. The predicted octanol–water partition coefficient (Wildman–Crippen LogP) is 7.73. The number of anilines is 2. The second-order valence-corrected chi connectivity index (χ2v) is 10.3. The Morgan fingerprint density at radius 1 is 0.953 bits per heavy atom. The van der Waals surface area contributed by atoms with Crippen LogP contribution >= 0.6 is 11.3 Å². The zero-order valence-corrected chi connectivity index (χ0v) is 23.8. The maximum absolute atomic E-state index is 13.0. The van der Waals surface area contributed by atoms with Gasteiger partial charge in [0.05, 0.1) is 30.5 Å². The Morgan fingerprint density at radius 3 is 2.60 bits per heavy atom. The lowest BCUT2D eigenvalue weighted by Crippen LogP contribution is -2.19. The van der Waals surface area contributed by atoms with Crippen molar-refractivity contribution >= 4 is 45.0 Å². The van der Waals surface area contributed by atoms with E-state index in [2.05, 4.69) is 45.1 Å². The number of hydrazone groups is 1. The SMILES string of the molecule is CCOc1cc(/C=N\NC(=O)Cc2csc(Nc3cccc(C(F)(F)F)c3)n2)ccc1OCc1ccc2ccccc2c1. The van der Waals surface area contributed by atoms with Gasteiger partial charge in [0, 0.05) is 11.1 Å². The molecule has 1 heterocycles. The van der Waals surface area contributed by atoms with Crippen LogP contribution in [-0.4, -0.2) is 23.7 Å². The summed E-state index contributed by atoms with van der Waals surface area (Å²) in [4.78, 5) is 16.7. The average Bonchev–Trinajstić information content (AvgIpc) is 3.42. The molecule has 0 spiro atoms. The number of nitrogens with zero attached hydrogens (tertiary/aromatic N) is 2. The van der Waals surface area contributed by atoms with Gasteiger partial charge in [0.15, 0.2) is 16.6 Å². The van der Waals surface area contributed by atoms with Crippen LogP contribution in [0.1, 0.15) is 29.3 Å². The van der Waals surface area contributed by atoms with Crippen molar-refractivity contribution < 1.29 is 27.4 Å². The van der Waals surface area contributed by atoms with Crippen LogP contribution < -0.4 is 20.2 Å². The molecule has 0 radical (unpaired) electrons. The van der Waals surface area contributed by atoms with Crippen molar-refractivity contribution in [3.8, 4) is 11.5 Å². The fraction of sp³-hybridized carbons (Fsp3) is 0.156. The first kappa shape index (κ1) is 29.6. The molecule has 5 aromatic rings. The molecule has 0 atom stereocenters. The van der Waals surface area contributed by atoms with Crippen molar-refractivity contribution in [2.24, 2.45) is 5.10 Å². The van der Waals surface area contributed by atoms with Crippen LogP contribution in [0.3, 0.4) is 0 Å². The maximum Gasteiger partial charge on any atom is 0.416 e. The molecule has 1 aromatic heterocycles. The number of amides is 1. The van der Waals surface area contributed by atoms with Crippen LogP contribution in [0, 0.1) is 0 Å². The number of alkyl halides is 3. The van der Waals surface area contributed by atoms with Crippen LogP contribution in [0.2, 0.25) is 0 Å². The molecule has 4 aromatic carbocycles. The highest BCUT2D eigenvalue weighted by Gasteiger charge is 2.30. The minimum Gasteiger partial charge on any atom is -0.490 e. The molecule has 5 rings (SSSR count). The van der Waals surface area contributed by atoms with Crippen molar-refractivity contribution in [1.29, 1.82) is 0 Å². The Bertz CT molecular complexity index is 1750. The summed E-state index contributed by atoms with van der Waals surface area (Å²) < 4.78 is 50.7. The van der Waals surface area contributed by atoms with E-state index in [1.807, 2.05) is 25.1 Å². The Balaban J connectivity index is 1.15. The van der Waals surface area contributed by atoms with Gasteiger partial charge < -0.3 is 14.8 Å². The minimum atomic E-state index is -4.44. The van der Waals surface area contributed by atoms with Gasteiger partial charge in [-0.05, 0) is 71.3 Å². The zero-order chi connectivity index (χ0) is 30.2. The van der Waals surface area contributed by atoms with Crippen molar-refractivity contribution in [3.05, 3.63) is 113 Å². The highest BCUT2D eigenvalue weighted by molar-refractivity contribution is 7.13. The molecule has 0 fully saturated rings. The molecule has 0 aliphatic heterocycles. The molecule has 0 saturated heterocycles. The summed E-state index contributed by atoms with van der Waals surface area (Å²) in [5.41, 5.74) is 4.15. The van der Waals surface area contributed by atoms with Crippen LogP contribution in [0.4, 0.5) is 24.0 Å². The number of hydrogen-bond donors (Lipinski definition) is 2. The zero-order valence-electron chi connectivity index (χ0n) is 23.0. The fourth-order valence-corrected chi connectivity index (χ4v) is 4.94. The van der Waals surface area contributed by atoms with E-state index in [1.165, 1.54) is 35.1 Å². The molecule has 43 heavy (non-hydrogen) atoms. The van der Waals surface area contributed by atoms with E-state index >= 15 is 0 Å². The molecule has 0 unspecified atom stereocenters. The van der Waals surface area contributed by atoms with Gasteiger partial charge in [-0.3, -0.25) is 4.79 Å². The lowest BCUT2D eigenvalue weighted by Gasteiger charge is -2.13. The number of halogens is 3. The summed E-state index contributed by atoms with van der Waals surface area (Å²) in [6, 6.07) is 24.5. The number of hydrogen-bond acceptors (Lipinski definition) is 7.